The lowest BCUT2D eigenvalue weighted by Crippen LogP contribution is -2.75. The van der Waals surface area contributed by atoms with Gasteiger partial charge in [0.05, 0.1) is 33.1 Å². The summed E-state index contributed by atoms with van der Waals surface area (Å²) in [5.74, 6) is 1.45. The van der Waals surface area contributed by atoms with Crippen LogP contribution in [-0.2, 0) is 0 Å². The second-order valence-corrected chi connectivity index (χ2v) is 20.3. The largest absolute Gasteiger partial charge is 0.309 e. The van der Waals surface area contributed by atoms with Gasteiger partial charge in [-0.1, -0.05) is 182 Å². The van der Waals surface area contributed by atoms with Crippen LogP contribution in [0.1, 0.15) is 0 Å². The summed E-state index contributed by atoms with van der Waals surface area (Å²) in [5, 5.41) is 11.9. The normalized spacial score (nSPS) is 12.1. The van der Waals surface area contributed by atoms with Gasteiger partial charge in [0.1, 0.15) is 5.82 Å². The van der Waals surface area contributed by atoms with Crippen LogP contribution in [0.25, 0.3) is 82.9 Å². The summed E-state index contributed by atoms with van der Waals surface area (Å²) in [7, 11) is -3.14. The minimum absolute atomic E-state index is 0.636. The molecule has 0 bridgehead atoms. The smallest absolute Gasteiger partial charge is 0.236 e. The first kappa shape index (κ1) is 36.3. The Morgan fingerprint density at radius 1 is 0.281 bits per heavy atom. The van der Waals surface area contributed by atoms with Crippen molar-refractivity contribution in [1.82, 2.24) is 23.7 Å². The van der Waals surface area contributed by atoms with Gasteiger partial charge in [-0.15, -0.1) is 0 Å². The van der Waals surface area contributed by atoms with Crippen molar-refractivity contribution in [3.8, 4) is 17.5 Å². The van der Waals surface area contributed by atoms with E-state index in [0.29, 0.717) is 5.95 Å². The lowest BCUT2D eigenvalue weighted by Gasteiger charge is -2.33. The van der Waals surface area contributed by atoms with E-state index < -0.39 is 8.07 Å². The van der Waals surface area contributed by atoms with Crippen LogP contribution in [0.3, 0.4) is 0 Å². The Hall–Kier alpha value is -8.32. The molecule has 0 aliphatic heterocycles. The molecule has 13 rings (SSSR count). The van der Waals surface area contributed by atoms with Crippen molar-refractivity contribution in [2.24, 2.45) is 0 Å². The van der Waals surface area contributed by atoms with Crippen LogP contribution in [0.4, 0.5) is 0 Å². The standard InChI is InChI=1S/C58H39N5Si/c1-4-20-41(21-5-1)64(42-22-6-2-7-23-42,43-24-8-3-9-25-43)57-39-56(59-58(60-57)63-53-34-18-12-28-46(53)47-29-13-19-35-54(47)63)62-52-33-17-14-30-48(52)49-38-40(36-37-55(49)62)61-50-31-15-10-26-44(50)45-27-11-16-32-51(45)61/h1-39H. The molecule has 0 radical (unpaired) electrons. The predicted molar refractivity (Wildman–Crippen MR) is 269 cm³/mol. The average Bonchev–Trinajstić information content (AvgIpc) is 4.01. The first-order valence-corrected chi connectivity index (χ1v) is 23.8. The third-order valence-corrected chi connectivity index (χ3v) is 17.8. The van der Waals surface area contributed by atoms with Gasteiger partial charge < -0.3 is 4.57 Å². The quantitative estimate of drug-likeness (QED) is 0.119. The van der Waals surface area contributed by atoms with Crippen LogP contribution >= 0.6 is 0 Å². The minimum Gasteiger partial charge on any atom is -0.309 e. The van der Waals surface area contributed by atoms with Crippen molar-refractivity contribution in [1.29, 1.82) is 0 Å². The minimum atomic E-state index is -3.14. The molecule has 64 heavy (non-hydrogen) atoms. The van der Waals surface area contributed by atoms with Crippen molar-refractivity contribution in [2.45, 2.75) is 0 Å². The van der Waals surface area contributed by atoms with Crippen LogP contribution in [0.15, 0.2) is 237 Å². The highest BCUT2D eigenvalue weighted by Crippen LogP contribution is 2.37. The molecular weight excluding hydrogens is 795 g/mol. The highest BCUT2D eigenvalue weighted by Gasteiger charge is 2.44. The first-order chi connectivity index (χ1) is 31.8. The van der Waals surface area contributed by atoms with Crippen LogP contribution in [0.2, 0.25) is 0 Å². The van der Waals surface area contributed by atoms with Gasteiger partial charge in [0.25, 0.3) is 0 Å². The molecule has 0 saturated carbocycles. The van der Waals surface area contributed by atoms with Crippen molar-refractivity contribution in [3.05, 3.63) is 237 Å². The number of para-hydroxylation sites is 5. The van der Waals surface area contributed by atoms with Crippen molar-refractivity contribution >= 4 is 94.4 Å². The number of aromatic nitrogens is 5. The van der Waals surface area contributed by atoms with E-state index >= 15 is 0 Å². The fraction of sp³-hybridized carbons (Fsp3) is 0. The van der Waals surface area contributed by atoms with Crippen molar-refractivity contribution in [3.63, 3.8) is 0 Å². The summed E-state index contributed by atoms with van der Waals surface area (Å²) >= 11 is 0. The Morgan fingerprint density at radius 3 is 1.09 bits per heavy atom. The summed E-state index contributed by atoms with van der Waals surface area (Å²) in [4.78, 5) is 11.5. The van der Waals surface area contributed by atoms with E-state index in [1.165, 1.54) is 48.1 Å². The number of hydrogen-bond acceptors (Lipinski definition) is 2. The number of fused-ring (bicyclic) bond motifs is 9. The lowest BCUT2D eigenvalue weighted by molar-refractivity contribution is 0.958. The Labute approximate surface area is 370 Å². The molecule has 4 aromatic heterocycles. The zero-order chi connectivity index (χ0) is 42.2. The lowest BCUT2D eigenvalue weighted by atomic mass is 10.1. The molecule has 5 nitrogen and oxygen atoms in total. The molecule has 0 N–H and O–H groups in total. The van der Waals surface area contributed by atoms with Crippen LogP contribution in [-0.4, -0.2) is 31.7 Å². The molecule has 0 amide bonds. The number of rotatable bonds is 7. The van der Waals surface area contributed by atoms with Gasteiger partial charge in [-0.3, -0.25) is 9.13 Å². The highest BCUT2D eigenvalue weighted by atomic mass is 28.3. The Kier molecular flexibility index (Phi) is 8.16. The zero-order valence-electron chi connectivity index (χ0n) is 34.8. The second-order valence-electron chi connectivity index (χ2n) is 16.6. The average molecular weight is 834 g/mol. The van der Waals surface area contributed by atoms with E-state index in [9.17, 15) is 0 Å². The number of hydrogen-bond donors (Lipinski definition) is 0. The van der Waals surface area contributed by atoms with Gasteiger partial charge in [-0.25, -0.2) is 4.98 Å². The number of nitrogens with zero attached hydrogens (tertiary/aromatic N) is 5. The van der Waals surface area contributed by atoms with E-state index in [-0.39, 0.29) is 0 Å². The number of benzene rings is 9. The van der Waals surface area contributed by atoms with Gasteiger partial charge in [0, 0.05) is 43.3 Å². The SMILES string of the molecule is c1ccc([Si](c2ccccc2)(c2ccccc2)c2cc(-n3c4ccccc4c4cc(-n5c6ccccc6c6ccccc65)ccc43)nc(-n3c4ccccc4c4ccccc43)n2)cc1. The third kappa shape index (κ3) is 5.30. The molecular formula is C58H39N5Si. The molecule has 0 aliphatic rings. The second kappa shape index (κ2) is 14.4. The Morgan fingerprint density at radius 2 is 0.641 bits per heavy atom. The monoisotopic (exact) mass is 833 g/mol. The van der Waals surface area contributed by atoms with Crippen molar-refractivity contribution < 1.29 is 0 Å². The predicted octanol–water partition coefficient (Wildman–Crippen LogP) is 11.1. The van der Waals surface area contributed by atoms with Crippen LogP contribution in [0.5, 0.6) is 0 Å². The van der Waals surface area contributed by atoms with Gasteiger partial charge in [-0.05, 0) is 70.2 Å². The Bertz CT molecular complexity index is 3700. The first-order valence-electron chi connectivity index (χ1n) is 21.8. The molecule has 6 heteroatoms. The molecule has 13 aromatic rings. The summed E-state index contributed by atoms with van der Waals surface area (Å²) in [5.41, 5.74) is 7.79. The summed E-state index contributed by atoms with van der Waals surface area (Å²) < 4.78 is 7.04. The van der Waals surface area contributed by atoms with Crippen LogP contribution in [0, 0.1) is 0 Å². The van der Waals surface area contributed by atoms with Gasteiger partial charge in [0.15, 0.2) is 0 Å². The summed E-state index contributed by atoms with van der Waals surface area (Å²) in [6.07, 6.45) is 0. The van der Waals surface area contributed by atoms with Gasteiger partial charge in [-0.2, -0.15) is 4.98 Å². The highest BCUT2D eigenvalue weighted by molar-refractivity contribution is 7.19. The van der Waals surface area contributed by atoms with E-state index in [0.717, 1.165) is 49.7 Å². The fourth-order valence-electron chi connectivity index (χ4n) is 10.5. The zero-order valence-corrected chi connectivity index (χ0v) is 35.8. The molecule has 0 unspecified atom stereocenters. The van der Waals surface area contributed by atoms with E-state index in [1.807, 2.05) is 0 Å². The summed E-state index contributed by atoms with van der Waals surface area (Å²) in [6, 6.07) is 85.8. The fourth-order valence-corrected chi connectivity index (χ4v) is 15.1. The van der Waals surface area contributed by atoms with Gasteiger partial charge in [0.2, 0.25) is 14.0 Å². The Balaban J connectivity index is 1.16. The molecule has 0 fully saturated rings. The molecule has 0 atom stereocenters. The molecule has 4 heterocycles. The molecule has 0 spiro atoms. The molecule has 300 valence electrons. The van der Waals surface area contributed by atoms with E-state index in [2.05, 4.69) is 250 Å². The molecule has 9 aromatic carbocycles. The maximum Gasteiger partial charge on any atom is 0.236 e. The van der Waals surface area contributed by atoms with E-state index in [1.54, 1.807) is 0 Å². The molecule has 0 saturated heterocycles. The maximum absolute atomic E-state index is 5.85. The van der Waals surface area contributed by atoms with Crippen molar-refractivity contribution in [2.75, 3.05) is 0 Å². The van der Waals surface area contributed by atoms with Gasteiger partial charge >= 0.3 is 0 Å². The topological polar surface area (TPSA) is 40.6 Å². The van der Waals surface area contributed by atoms with Crippen LogP contribution < -0.4 is 20.9 Å². The van der Waals surface area contributed by atoms with E-state index in [4.69, 9.17) is 9.97 Å². The third-order valence-electron chi connectivity index (χ3n) is 13.2. The maximum atomic E-state index is 5.85. The molecule has 0 aliphatic carbocycles. The summed E-state index contributed by atoms with van der Waals surface area (Å²) in [6.45, 7) is 0.